The predicted octanol–water partition coefficient (Wildman–Crippen LogP) is 1.86. The fourth-order valence-corrected chi connectivity index (χ4v) is 2.15. The van der Waals surface area contributed by atoms with Gasteiger partial charge in [0.05, 0.1) is 12.0 Å². The second kappa shape index (κ2) is 5.54. The molecule has 1 aromatic rings. The van der Waals surface area contributed by atoms with E-state index in [4.69, 9.17) is 5.26 Å². The van der Waals surface area contributed by atoms with E-state index in [1.807, 2.05) is 18.2 Å². The largest absolute Gasteiger partial charge is 0.384 e. The molecule has 1 aliphatic rings. The first-order chi connectivity index (χ1) is 8.70. The first-order valence-corrected chi connectivity index (χ1v) is 6.20. The van der Waals surface area contributed by atoms with Gasteiger partial charge in [-0.25, -0.2) is 0 Å². The molecule has 2 N–H and O–H groups in total. The van der Waals surface area contributed by atoms with Crippen LogP contribution >= 0.6 is 0 Å². The minimum absolute atomic E-state index is 0.0144. The summed E-state index contributed by atoms with van der Waals surface area (Å²) in [4.78, 5) is 11.8. The lowest BCUT2D eigenvalue weighted by molar-refractivity contribution is -0.121. The van der Waals surface area contributed by atoms with Crippen molar-refractivity contribution in [1.82, 2.24) is 5.32 Å². The summed E-state index contributed by atoms with van der Waals surface area (Å²) in [6.07, 6.45) is 0.474. The van der Waals surface area contributed by atoms with Crippen molar-refractivity contribution >= 4 is 11.6 Å². The number of nitrogens with one attached hydrogen (secondary N) is 2. The Morgan fingerprint density at radius 3 is 3.17 bits per heavy atom. The molecule has 0 bridgehead atoms. The topological polar surface area (TPSA) is 64.9 Å². The molecular weight excluding hydrogens is 226 g/mol. The van der Waals surface area contributed by atoms with E-state index in [0.717, 1.165) is 12.2 Å². The number of benzene rings is 1. The molecular formula is C14H17N3O. The molecule has 4 nitrogen and oxygen atoms in total. The maximum atomic E-state index is 11.8. The van der Waals surface area contributed by atoms with E-state index in [1.54, 1.807) is 6.92 Å². The van der Waals surface area contributed by atoms with Crippen LogP contribution in [0.4, 0.5) is 5.69 Å². The van der Waals surface area contributed by atoms with Crippen LogP contribution in [0.15, 0.2) is 24.3 Å². The fraction of sp³-hybridized carbons (Fsp3) is 0.429. The van der Waals surface area contributed by atoms with Crippen LogP contribution in [0.5, 0.6) is 0 Å². The molecule has 4 heteroatoms. The third-order valence-corrected chi connectivity index (χ3v) is 3.20. The van der Waals surface area contributed by atoms with E-state index in [9.17, 15) is 4.79 Å². The highest BCUT2D eigenvalue weighted by Crippen LogP contribution is 2.32. The zero-order valence-electron chi connectivity index (χ0n) is 10.4. The summed E-state index contributed by atoms with van der Waals surface area (Å²) in [6, 6.07) is 10.2. The SMILES string of the molecule is CC(C#N)CNC(=O)CC1CNc2ccccc21. The fourth-order valence-electron chi connectivity index (χ4n) is 2.15. The zero-order chi connectivity index (χ0) is 13.0. The summed E-state index contributed by atoms with van der Waals surface area (Å²) >= 11 is 0. The Morgan fingerprint density at radius 1 is 1.61 bits per heavy atom. The van der Waals surface area contributed by atoms with Gasteiger partial charge in [0.1, 0.15) is 0 Å². The average Bonchev–Trinajstić information content (AvgIpc) is 2.79. The number of nitriles is 1. The van der Waals surface area contributed by atoms with Crippen LogP contribution in [0.1, 0.15) is 24.8 Å². The van der Waals surface area contributed by atoms with E-state index < -0.39 is 0 Å². The van der Waals surface area contributed by atoms with Crippen molar-refractivity contribution < 1.29 is 4.79 Å². The van der Waals surface area contributed by atoms with Gasteiger partial charge >= 0.3 is 0 Å². The van der Waals surface area contributed by atoms with E-state index in [0.29, 0.717) is 13.0 Å². The van der Waals surface area contributed by atoms with Gasteiger partial charge in [0.25, 0.3) is 0 Å². The lowest BCUT2D eigenvalue weighted by Crippen LogP contribution is -2.29. The predicted molar refractivity (Wildman–Crippen MR) is 70.1 cm³/mol. The number of amides is 1. The standard InChI is InChI=1S/C14H17N3O/c1-10(7-15)8-17-14(18)6-11-9-16-13-5-3-2-4-12(11)13/h2-5,10-11,16H,6,8-9H2,1H3,(H,17,18). The van der Waals surface area contributed by atoms with Gasteiger partial charge in [0.2, 0.25) is 5.91 Å². The highest BCUT2D eigenvalue weighted by atomic mass is 16.1. The second-order valence-corrected chi connectivity index (χ2v) is 4.70. The Bertz CT molecular complexity index is 478. The van der Waals surface area contributed by atoms with Crippen molar-refractivity contribution in [2.45, 2.75) is 19.3 Å². The number of hydrogen-bond donors (Lipinski definition) is 2. The smallest absolute Gasteiger partial charge is 0.220 e. The summed E-state index contributed by atoms with van der Waals surface area (Å²) in [7, 11) is 0. The number of hydrogen-bond acceptors (Lipinski definition) is 3. The van der Waals surface area contributed by atoms with Crippen molar-refractivity contribution in [3.63, 3.8) is 0 Å². The average molecular weight is 243 g/mol. The van der Waals surface area contributed by atoms with E-state index in [1.165, 1.54) is 5.56 Å². The monoisotopic (exact) mass is 243 g/mol. The molecule has 1 amide bonds. The second-order valence-electron chi connectivity index (χ2n) is 4.70. The van der Waals surface area contributed by atoms with Crippen molar-refractivity contribution in [1.29, 1.82) is 5.26 Å². The highest BCUT2D eigenvalue weighted by molar-refractivity contribution is 5.78. The zero-order valence-corrected chi connectivity index (χ0v) is 10.4. The summed E-state index contributed by atoms with van der Waals surface area (Å²) in [6.45, 7) is 3.03. The number of fused-ring (bicyclic) bond motifs is 1. The van der Waals surface area contributed by atoms with Crippen LogP contribution in [0, 0.1) is 17.2 Å². The Labute approximate surface area is 107 Å². The Morgan fingerprint density at radius 2 is 2.39 bits per heavy atom. The molecule has 94 valence electrons. The van der Waals surface area contributed by atoms with Gasteiger partial charge in [-0.3, -0.25) is 4.79 Å². The number of nitrogens with zero attached hydrogens (tertiary/aromatic N) is 1. The van der Waals surface area contributed by atoms with Gasteiger partial charge in [-0.1, -0.05) is 18.2 Å². The van der Waals surface area contributed by atoms with Crippen LogP contribution in [0.25, 0.3) is 0 Å². The molecule has 1 aliphatic heterocycles. The molecule has 2 unspecified atom stereocenters. The van der Waals surface area contributed by atoms with E-state index in [-0.39, 0.29) is 17.7 Å². The van der Waals surface area contributed by atoms with Gasteiger partial charge in [-0.05, 0) is 18.6 Å². The van der Waals surface area contributed by atoms with Gasteiger partial charge in [0, 0.05) is 31.1 Å². The summed E-state index contributed by atoms with van der Waals surface area (Å²) in [5.41, 5.74) is 2.33. The van der Waals surface area contributed by atoms with Crippen molar-refractivity contribution in [2.75, 3.05) is 18.4 Å². The number of para-hydroxylation sites is 1. The Hall–Kier alpha value is -2.02. The molecule has 0 saturated carbocycles. The van der Waals surface area contributed by atoms with E-state index in [2.05, 4.69) is 22.8 Å². The Balaban J connectivity index is 1.88. The van der Waals surface area contributed by atoms with Gasteiger partial charge < -0.3 is 10.6 Å². The summed E-state index contributed by atoms with van der Waals surface area (Å²) in [5.74, 6) is 0.113. The maximum Gasteiger partial charge on any atom is 0.220 e. The minimum atomic E-state index is -0.136. The van der Waals surface area contributed by atoms with Gasteiger partial charge in [0.15, 0.2) is 0 Å². The number of anilines is 1. The molecule has 2 rings (SSSR count). The lowest BCUT2D eigenvalue weighted by atomic mass is 9.97. The maximum absolute atomic E-state index is 11.8. The summed E-state index contributed by atoms with van der Waals surface area (Å²) < 4.78 is 0. The molecule has 0 aliphatic carbocycles. The molecule has 0 spiro atoms. The molecule has 0 fully saturated rings. The minimum Gasteiger partial charge on any atom is -0.384 e. The third kappa shape index (κ3) is 2.80. The molecule has 18 heavy (non-hydrogen) atoms. The highest BCUT2D eigenvalue weighted by Gasteiger charge is 2.23. The molecule has 2 atom stereocenters. The number of carbonyl (C=O) groups excluding carboxylic acids is 1. The summed E-state index contributed by atoms with van der Waals surface area (Å²) in [5, 5.41) is 14.8. The van der Waals surface area contributed by atoms with Crippen LogP contribution in [0.2, 0.25) is 0 Å². The quantitative estimate of drug-likeness (QED) is 0.848. The van der Waals surface area contributed by atoms with Crippen molar-refractivity contribution in [3.8, 4) is 6.07 Å². The van der Waals surface area contributed by atoms with Gasteiger partial charge in [-0.15, -0.1) is 0 Å². The van der Waals surface area contributed by atoms with Crippen molar-refractivity contribution in [3.05, 3.63) is 29.8 Å². The molecule has 1 aromatic carbocycles. The van der Waals surface area contributed by atoms with Gasteiger partial charge in [-0.2, -0.15) is 5.26 Å². The first-order valence-electron chi connectivity index (χ1n) is 6.20. The first kappa shape index (κ1) is 12.4. The molecule has 0 aromatic heterocycles. The molecule has 0 saturated heterocycles. The Kier molecular flexibility index (Phi) is 3.83. The third-order valence-electron chi connectivity index (χ3n) is 3.20. The lowest BCUT2D eigenvalue weighted by Gasteiger charge is -2.11. The number of rotatable bonds is 4. The molecule has 1 heterocycles. The van der Waals surface area contributed by atoms with Crippen LogP contribution < -0.4 is 10.6 Å². The molecule has 0 radical (unpaired) electrons. The number of carbonyl (C=O) groups is 1. The van der Waals surface area contributed by atoms with Crippen molar-refractivity contribution in [2.24, 2.45) is 5.92 Å². The van der Waals surface area contributed by atoms with Crippen LogP contribution in [-0.2, 0) is 4.79 Å². The van der Waals surface area contributed by atoms with E-state index >= 15 is 0 Å². The van der Waals surface area contributed by atoms with Crippen LogP contribution in [0.3, 0.4) is 0 Å². The normalized spacial score (nSPS) is 18.3. The van der Waals surface area contributed by atoms with Crippen LogP contribution in [-0.4, -0.2) is 19.0 Å².